The largest absolute Gasteiger partial charge is 0.463 e. The highest BCUT2D eigenvalue weighted by molar-refractivity contribution is 5.67. The van der Waals surface area contributed by atoms with Crippen LogP contribution in [0.2, 0.25) is 0 Å². The first-order valence-electron chi connectivity index (χ1n) is 7.63. The molecule has 0 spiro atoms. The fourth-order valence-corrected chi connectivity index (χ4v) is 2.54. The Morgan fingerprint density at radius 2 is 1.69 bits per heavy atom. The van der Waals surface area contributed by atoms with Gasteiger partial charge in [-0.15, -0.1) is 0 Å². The summed E-state index contributed by atoms with van der Waals surface area (Å²) in [6.07, 6.45) is -3.36. The van der Waals surface area contributed by atoms with E-state index in [2.05, 4.69) is 0 Å². The Labute approximate surface area is 146 Å². The smallest absolute Gasteiger partial charge is 0.330 e. The van der Waals surface area contributed by atoms with E-state index in [1.54, 1.807) is 0 Å². The van der Waals surface area contributed by atoms with Crippen LogP contribution < -0.4 is 11.2 Å². The number of carbonyl (C=O) groups is 3. The number of aromatic amines is 1. The molecule has 0 aromatic carbocycles. The molecule has 142 valence electrons. The van der Waals surface area contributed by atoms with Gasteiger partial charge in [0.2, 0.25) is 0 Å². The Hall–Kier alpha value is -2.95. The van der Waals surface area contributed by atoms with Crippen molar-refractivity contribution in [2.45, 2.75) is 45.3 Å². The minimum Gasteiger partial charge on any atom is -0.463 e. The van der Waals surface area contributed by atoms with Gasteiger partial charge in [-0.2, -0.15) is 0 Å². The van der Waals surface area contributed by atoms with Crippen molar-refractivity contribution in [2.75, 3.05) is 6.61 Å². The number of rotatable bonds is 5. The first-order chi connectivity index (χ1) is 12.2. The van der Waals surface area contributed by atoms with Crippen molar-refractivity contribution in [2.24, 2.45) is 0 Å². The lowest BCUT2D eigenvalue weighted by Crippen LogP contribution is -2.42. The van der Waals surface area contributed by atoms with Gasteiger partial charge in [0.1, 0.15) is 12.7 Å². The van der Waals surface area contributed by atoms with E-state index in [-0.39, 0.29) is 6.61 Å². The summed E-state index contributed by atoms with van der Waals surface area (Å²) in [5.41, 5.74) is -1.43. The van der Waals surface area contributed by atoms with Crippen molar-refractivity contribution in [1.29, 1.82) is 0 Å². The molecular weight excluding hydrogens is 352 g/mol. The van der Waals surface area contributed by atoms with Gasteiger partial charge in [-0.05, 0) is 0 Å². The lowest BCUT2D eigenvalue weighted by Gasteiger charge is -2.23. The number of nitrogens with zero attached hydrogens (tertiary/aromatic N) is 1. The Morgan fingerprint density at radius 3 is 2.23 bits per heavy atom. The molecule has 1 aliphatic rings. The van der Waals surface area contributed by atoms with E-state index in [9.17, 15) is 24.0 Å². The summed E-state index contributed by atoms with van der Waals surface area (Å²) in [4.78, 5) is 59.3. The first kappa shape index (κ1) is 19.4. The maximum Gasteiger partial charge on any atom is 0.330 e. The number of hydrogen-bond acceptors (Lipinski definition) is 9. The number of H-pyrrole nitrogens is 1. The number of ether oxygens (including phenoxy) is 4. The zero-order chi connectivity index (χ0) is 19.4. The monoisotopic (exact) mass is 370 g/mol. The average Bonchev–Trinajstić information content (AvgIpc) is 2.82. The van der Waals surface area contributed by atoms with Gasteiger partial charge in [0.25, 0.3) is 5.56 Å². The van der Waals surface area contributed by atoms with Gasteiger partial charge in [-0.25, -0.2) is 4.79 Å². The molecule has 0 saturated carbocycles. The summed E-state index contributed by atoms with van der Waals surface area (Å²) >= 11 is 0. The van der Waals surface area contributed by atoms with E-state index in [1.165, 1.54) is 6.92 Å². The van der Waals surface area contributed by atoms with Gasteiger partial charge in [0.15, 0.2) is 18.4 Å². The fourth-order valence-electron chi connectivity index (χ4n) is 2.54. The lowest BCUT2D eigenvalue weighted by molar-refractivity contribution is -0.166. The van der Waals surface area contributed by atoms with Gasteiger partial charge in [-0.1, -0.05) is 0 Å². The van der Waals surface area contributed by atoms with Crippen molar-refractivity contribution in [1.82, 2.24) is 9.55 Å². The second-order valence-electron chi connectivity index (χ2n) is 5.53. The van der Waals surface area contributed by atoms with Crippen molar-refractivity contribution in [3.05, 3.63) is 33.1 Å². The molecule has 0 aliphatic carbocycles. The Balaban J connectivity index is 2.41. The second kappa shape index (κ2) is 7.95. The molecule has 0 radical (unpaired) electrons. The highest BCUT2D eigenvalue weighted by Gasteiger charge is 2.50. The molecule has 1 aromatic heterocycles. The van der Waals surface area contributed by atoms with Crippen LogP contribution >= 0.6 is 0 Å². The molecule has 1 saturated heterocycles. The third-order valence-electron chi connectivity index (χ3n) is 3.47. The third-order valence-corrected chi connectivity index (χ3v) is 3.47. The number of nitrogens with one attached hydrogen (secondary N) is 1. The molecule has 1 fully saturated rings. The number of carbonyl (C=O) groups excluding carboxylic acids is 3. The Kier molecular flexibility index (Phi) is 5.93. The molecule has 2 heterocycles. The van der Waals surface area contributed by atoms with Gasteiger partial charge < -0.3 is 18.9 Å². The van der Waals surface area contributed by atoms with Gasteiger partial charge in [0.05, 0.1) is 0 Å². The van der Waals surface area contributed by atoms with Gasteiger partial charge in [0, 0.05) is 33.0 Å². The van der Waals surface area contributed by atoms with E-state index in [4.69, 9.17) is 18.9 Å². The molecule has 1 aromatic rings. The topological polar surface area (TPSA) is 143 Å². The first-order valence-corrected chi connectivity index (χ1v) is 7.63. The van der Waals surface area contributed by atoms with E-state index >= 15 is 0 Å². The highest BCUT2D eigenvalue weighted by Crippen LogP contribution is 2.33. The predicted octanol–water partition coefficient (Wildman–Crippen LogP) is -1.14. The van der Waals surface area contributed by atoms with Crippen LogP contribution in [-0.2, 0) is 33.3 Å². The molecular formula is C15H18N2O9. The van der Waals surface area contributed by atoms with Crippen molar-refractivity contribution in [3.8, 4) is 0 Å². The zero-order valence-electron chi connectivity index (χ0n) is 14.3. The zero-order valence-corrected chi connectivity index (χ0v) is 14.3. The van der Waals surface area contributed by atoms with Crippen LogP contribution in [0.4, 0.5) is 0 Å². The molecule has 11 nitrogen and oxygen atoms in total. The molecule has 0 unspecified atom stereocenters. The Morgan fingerprint density at radius 1 is 1.08 bits per heavy atom. The molecule has 26 heavy (non-hydrogen) atoms. The minimum absolute atomic E-state index is 0.292. The number of aromatic nitrogens is 2. The average molecular weight is 370 g/mol. The highest BCUT2D eigenvalue weighted by atomic mass is 16.7. The van der Waals surface area contributed by atoms with Crippen LogP contribution in [0.25, 0.3) is 0 Å². The van der Waals surface area contributed by atoms with Crippen LogP contribution in [0.15, 0.2) is 21.9 Å². The van der Waals surface area contributed by atoms with Crippen LogP contribution in [0.5, 0.6) is 0 Å². The van der Waals surface area contributed by atoms with E-state index in [0.29, 0.717) is 0 Å². The molecule has 0 amide bonds. The van der Waals surface area contributed by atoms with Crippen molar-refractivity contribution < 1.29 is 33.3 Å². The molecule has 1 aliphatic heterocycles. The summed E-state index contributed by atoms with van der Waals surface area (Å²) in [5, 5.41) is 0. The molecule has 4 atom stereocenters. The summed E-state index contributed by atoms with van der Waals surface area (Å²) in [7, 11) is 0. The van der Waals surface area contributed by atoms with Crippen LogP contribution in [-0.4, -0.2) is 52.4 Å². The second-order valence-corrected chi connectivity index (χ2v) is 5.53. The van der Waals surface area contributed by atoms with Crippen LogP contribution in [0, 0.1) is 0 Å². The minimum atomic E-state index is -1.20. The maximum absolute atomic E-state index is 12.1. The van der Waals surface area contributed by atoms with Crippen molar-refractivity contribution in [3.63, 3.8) is 0 Å². The predicted molar refractivity (Wildman–Crippen MR) is 83.0 cm³/mol. The fraction of sp³-hybridized carbons (Fsp3) is 0.533. The van der Waals surface area contributed by atoms with E-state index in [1.807, 2.05) is 4.98 Å². The lowest BCUT2D eigenvalue weighted by atomic mass is 10.1. The number of esters is 3. The van der Waals surface area contributed by atoms with Crippen LogP contribution in [0.3, 0.4) is 0 Å². The SMILES string of the molecule is CC(=O)OC[C@@H]1O[C@H](n2ccc(=O)[nH]c2=O)[C@H](OC(C)=O)[C@@H]1OC(C)=O. The Bertz CT molecular complexity index is 812. The third kappa shape index (κ3) is 4.57. The van der Waals surface area contributed by atoms with E-state index in [0.717, 1.165) is 30.7 Å². The molecule has 0 bridgehead atoms. The quantitative estimate of drug-likeness (QED) is 0.502. The van der Waals surface area contributed by atoms with Gasteiger partial charge >= 0.3 is 23.6 Å². The standard InChI is InChI=1S/C15H18N2O9/c1-7(18)23-6-10-12(24-8(2)19)13(25-9(3)20)14(26-10)17-5-4-11(21)16-15(17)22/h4-5,10,12-14H,6H2,1-3H3,(H,16,21,22)/t10-,12+,13+,14-/m0/s1. The van der Waals surface area contributed by atoms with Gasteiger partial charge in [-0.3, -0.25) is 28.7 Å². The molecule has 1 N–H and O–H groups in total. The summed E-state index contributed by atoms with van der Waals surface area (Å²) in [5.74, 6) is -1.98. The maximum atomic E-state index is 12.1. The summed E-state index contributed by atoms with van der Waals surface area (Å²) < 4.78 is 21.9. The molecule has 11 heteroatoms. The normalized spacial score (nSPS) is 24.7. The summed E-state index contributed by atoms with van der Waals surface area (Å²) in [6, 6.07) is 1.08. The van der Waals surface area contributed by atoms with Crippen molar-refractivity contribution >= 4 is 17.9 Å². The summed E-state index contributed by atoms with van der Waals surface area (Å²) in [6.45, 7) is 3.17. The van der Waals surface area contributed by atoms with E-state index < -0.39 is 53.7 Å². The number of hydrogen-bond donors (Lipinski definition) is 1. The molecule has 2 rings (SSSR count). The van der Waals surface area contributed by atoms with Crippen LogP contribution in [0.1, 0.15) is 27.0 Å².